The van der Waals surface area contributed by atoms with Gasteiger partial charge in [-0.1, -0.05) is 17.4 Å². The zero-order valence-corrected chi connectivity index (χ0v) is 8.24. The number of aliphatic hydroxyl groups is 1. The molecule has 0 radical (unpaired) electrons. The fraction of sp³-hybridized carbons (Fsp3) is 0.333. The van der Waals surface area contributed by atoms with Crippen molar-refractivity contribution in [2.24, 2.45) is 4.99 Å². The second-order valence-electron chi connectivity index (χ2n) is 3.09. The predicted molar refractivity (Wildman–Crippen MR) is 55.3 cm³/mol. The van der Waals surface area contributed by atoms with Gasteiger partial charge in [0.1, 0.15) is 0 Å². The molecule has 0 aliphatic heterocycles. The first-order valence-corrected chi connectivity index (χ1v) is 5.18. The van der Waals surface area contributed by atoms with E-state index in [0.717, 1.165) is 5.71 Å². The largest absolute Gasteiger partial charge is 0.493 e. The molecule has 1 aliphatic rings. The first kappa shape index (κ1) is 9.36. The molecule has 0 fully saturated rings. The topological polar surface area (TPSA) is 65.7 Å². The number of aromatic hydroxyl groups is 1. The molecule has 0 saturated heterocycles. The Morgan fingerprint density at radius 3 is 3.07 bits per heavy atom. The van der Waals surface area contributed by atoms with Crippen LogP contribution in [-0.4, -0.2) is 27.0 Å². The van der Waals surface area contributed by atoms with E-state index in [9.17, 15) is 5.11 Å². The lowest BCUT2D eigenvalue weighted by Gasteiger charge is -2.11. The van der Waals surface area contributed by atoms with Gasteiger partial charge in [-0.15, -0.1) is 0 Å². The molecule has 1 heterocycles. The lowest BCUT2D eigenvalue weighted by Crippen LogP contribution is -2.14. The lowest BCUT2D eigenvalue weighted by atomic mass is 10.0. The normalized spacial score (nSPS) is 24.4. The van der Waals surface area contributed by atoms with E-state index in [-0.39, 0.29) is 12.0 Å². The van der Waals surface area contributed by atoms with Crippen LogP contribution in [0.2, 0.25) is 0 Å². The Bertz CT molecular complexity index is 384. The molecule has 0 aromatic carbocycles. The molecule has 14 heavy (non-hydrogen) atoms. The fourth-order valence-corrected chi connectivity index (χ4v) is 1.85. The van der Waals surface area contributed by atoms with Gasteiger partial charge >= 0.3 is 0 Å². The van der Waals surface area contributed by atoms with Crippen molar-refractivity contribution in [2.45, 2.75) is 18.9 Å². The van der Waals surface area contributed by atoms with Crippen molar-refractivity contribution < 1.29 is 10.2 Å². The van der Waals surface area contributed by atoms with Gasteiger partial charge in [0.2, 0.25) is 11.0 Å². The summed E-state index contributed by atoms with van der Waals surface area (Å²) in [4.78, 5) is 8.01. The minimum Gasteiger partial charge on any atom is -0.493 e. The lowest BCUT2D eigenvalue weighted by molar-refractivity contribution is 0.184. The highest BCUT2D eigenvalue weighted by Crippen LogP contribution is 2.24. The summed E-state index contributed by atoms with van der Waals surface area (Å²) in [7, 11) is 0. The number of rotatable bonds is 1. The number of hydrogen-bond acceptors (Lipinski definition) is 5. The van der Waals surface area contributed by atoms with Gasteiger partial charge in [-0.05, 0) is 12.5 Å². The Labute approximate surface area is 85.3 Å². The standard InChI is InChI=1S/C9H10N2O2S/c12-7-3-1-2-6(4-7)10-9-11-8(13)5-14-9/h1-2,5,7,12-13H,3-4H2. The van der Waals surface area contributed by atoms with Gasteiger partial charge in [-0.2, -0.15) is 4.98 Å². The number of thiazole rings is 1. The molecule has 2 N–H and O–H groups in total. The molecule has 0 spiro atoms. The first-order valence-electron chi connectivity index (χ1n) is 4.31. The number of nitrogens with zero attached hydrogens (tertiary/aromatic N) is 2. The Morgan fingerprint density at radius 2 is 2.43 bits per heavy atom. The average molecular weight is 210 g/mol. The molecule has 1 aliphatic carbocycles. The fourth-order valence-electron chi connectivity index (χ4n) is 1.27. The molecule has 1 atom stereocenters. The SMILES string of the molecule is Oc1csc(N=C2C=CCC(O)C2)n1. The van der Waals surface area contributed by atoms with E-state index in [1.165, 1.54) is 16.7 Å². The maximum absolute atomic E-state index is 9.36. The van der Waals surface area contributed by atoms with Crippen molar-refractivity contribution in [1.82, 2.24) is 4.98 Å². The van der Waals surface area contributed by atoms with Crippen LogP contribution in [0.3, 0.4) is 0 Å². The number of aliphatic hydroxyl groups excluding tert-OH is 1. The van der Waals surface area contributed by atoms with Gasteiger partial charge in [-0.3, -0.25) is 0 Å². The van der Waals surface area contributed by atoms with Crippen LogP contribution in [0.15, 0.2) is 22.5 Å². The highest BCUT2D eigenvalue weighted by molar-refractivity contribution is 7.13. The maximum atomic E-state index is 9.36. The molecule has 1 aromatic rings. The molecule has 2 rings (SSSR count). The molecule has 1 aromatic heterocycles. The Morgan fingerprint density at radius 1 is 1.57 bits per heavy atom. The van der Waals surface area contributed by atoms with Crippen molar-refractivity contribution in [2.75, 3.05) is 0 Å². The third-order valence-electron chi connectivity index (χ3n) is 1.88. The highest BCUT2D eigenvalue weighted by Gasteiger charge is 2.11. The minimum absolute atomic E-state index is 0.00492. The van der Waals surface area contributed by atoms with Crippen molar-refractivity contribution >= 4 is 22.2 Å². The molecular formula is C9H10N2O2S. The summed E-state index contributed by atoms with van der Waals surface area (Å²) in [6.07, 6.45) is 4.66. The van der Waals surface area contributed by atoms with Crippen LogP contribution in [-0.2, 0) is 0 Å². The van der Waals surface area contributed by atoms with E-state index < -0.39 is 0 Å². The maximum Gasteiger partial charge on any atom is 0.223 e. The van der Waals surface area contributed by atoms with E-state index in [1.54, 1.807) is 0 Å². The van der Waals surface area contributed by atoms with Crippen molar-refractivity contribution in [3.8, 4) is 5.88 Å². The summed E-state index contributed by atoms with van der Waals surface area (Å²) in [6.45, 7) is 0. The van der Waals surface area contributed by atoms with Gasteiger partial charge in [0, 0.05) is 12.1 Å². The molecule has 4 nitrogen and oxygen atoms in total. The van der Waals surface area contributed by atoms with Crippen LogP contribution in [0.1, 0.15) is 12.8 Å². The number of hydrogen-bond donors (Lipinski definition) is 2. The van der Waals surface area contributed by atoms with E-state index in [1.807, 2.05) is 12.2 Å². The zero-order chi connectivity index (χ0) is 9.97. The van der Waals surface area contributed by atoms with E-state index >= 15 is 0 Å². The van der Waals surface area contributed by atoms with Crippen LogP contribution in [0.5, 0.6) is 5.88 Å². The van der Waals surface area contributed by atoms with Crippen molar-refractivity contribution in [3.63, 3.8) is 0 Å². The average Bonchev–Trinajstić information content (AvgIpc) is 2.51. The summed E-state index contributed by atoms with van der Waals surface area (Å²) < 4.78 is 0. The van der Waals surface area contributed by atoms with Crippen LogP contribution in [0, 0.1) is 0 Å². The number of allylic oxidation sites excluding steroid dienone is 1. The molecule has 0 amide bonds. The Balaban J connectivity index is 2.18. The van der Waals surface area contributed by atoms with Gasteiger partial charge in [0.05, 0.1) is 11.5 Å². The van der Waals surface area contributed by atoms with Crippen LogP contribution < -0.4 is 0 Å². The number of aromatic nitrogens is 1. The minimum atomic E-state index is -0.340. The summed E-state index contributed by atoms with van der Waals surface area (Å²) in [5.74, 6) is -0.00492. The molecule has 0 bridgehead atoms. The second-order valence-corrected chi connectivity index (χ2v) is 3.92. The van der Waals surface area contributed by atoms with Crippen LogP contribution in [0.4, 0.5) is 5.13 Å². The van der Waals surface area contributed by atoms with E-state index in [0.29, 0.717) is 18.0 Å². The number of aliphatic imine (C=N–C) groups is 1. The first-order chi connectivity index (χ1) is 6.74. The van der Waals surface area contributed by atoms with Crippen molar-refractivity contribution in [1.29, 1.82) is 0 Å². The van der Waals surface area contributed by atoms with Crippen LogP contribution in [0.25, 0.3) is 0 Å². The monoisotopic (exact) mass is 210 g/mol. The molecule has 74 valence electrons. The van der Waals surface area contributed by atoms with E-state index in [4.69, 9.17) is 5.11 Å². The summed E-state index contributed by atoms with van der Waals surface area (Å²) in [5, 5.41) is 20.4. The van der Waals surface area contributed by atoms with Gasteiger partial charge < -0.3 is 10.2 Å². The van der Waals surface area contributed by atoms with Gasteiger partial charge in [-0.25, -0.2) is 4.99 Å². The summed E-state index contributed by atoms with van der Waals surface area (Å²) in [5.41, 5.74) is 0.804. The highest BCUT2D eigenvalue weighted by atomic mass is 32.1. The van der Waals surface area contributed by atoms with Gasteiger partial charge in [0.15, 0.2) is 0 Å². The zero-order valence-electron chi connectivity index (χ0n) is 7.42. The smallest absolute Gasteiger partial charge is 0.223 e. The predicted octanol–water partition coefficient (Wildman–Crippen LogP) is 1.63. The summed E-state index contributed by atoms with van der Waals surface area (Å²) in [6, 6.07) is 0. The molecule has 1 unspecified atom stereocenters. The van der Waals surface area contributed by atoms with Crippen LogP contribution >= 0.6 is 11.3 Å². The second kappa shape index (κ2) is 3.89. The Kier molecular flexibility index (Phi) is 2.60. The summed E-state index contributed by atoms with van der Waals surface area (Å²) >= 11 is 1.28. The van der Waals surface area contributed by atoms with Crippen molar-refractivity contribution in [3.05, 3.63) is 17.5 Å². The molecule has 5 heteroatoms. The molecule has 0 saturated carbocycles. The quantitative estimate of drug-likeness (QED) is 0.740. The van der Waals surface area contributed by atoms with Gasteiger partial charge in [0.25, 0.3) is 0 Å². The molecular weight excluding hydrogens is 200 g/mol. The van der Waals surface area contributed by atoms with E-state index in [2.05, 4.69) is 9.98 Å². The third kappa shape index (κ3) is 2.18. The third-order valence-corrected chi connectivity index (χ3v) is 2.60. The Hall–Kier alpha value is -1.20.